The maximum Gasteiger partial charge on any atom is 0.306 e. The summed E-state index contributed by atoms with van der Waals surface area (Å²) in [5.74, 6) is -0.869. The summed E-state index contributed by atoms with van der Waals surface area (Å²) >= 11 is 0. The minimum absolute atomic E-state index is 0.0716. The lowest BCUT2D eigenvalue weighted by Gasteiger charge is -2.18. The predicted octanol–water partition coefficient (Wildman–Crippen LogP) is 20.9. The minimum Gasteiger partial charge on any atom is -0.462 e. The first-order valence-corrected chi connectivity index (χ1v) is 30.9. The zero-order chi connectivity index (χ0) is 52.2. The number of esters is 3. The molecule has 0 amide bonds. The van der Waals surface area contributed by atoms with Gasteiger partial charge in [0, 0.05) is 19.3 Å². The molecule has 0 fully saturated rings. The molecular formula is C66H116O6. The standard InChI is InChI=1S/C66H116O6/c1-4-7-10-13-16-18-20-22-24-26-27-28-29-30-31-32-33-34-35-36-37-38-39-41-42-44-46-48-50-53-56-59-65(68)71-62-63(61-70-64(67)58-55-52-15-12-9-6-3)72-66(69)60-57-54-51-49-47-45-43-40-25-23-21-19-17-14-11-8-5-2/h7,10,16,18,22,24,27-28,30-31,33-34,63H,4-6,8-9,11-15,17,19-21,23,25-26,29,32,35-62H2,1-3H3/b10-7-,18-16-,24-22-,28-27-,31-30-,34-33-. The molecule has 0 saturated carbocycles. The Kier molecular flexibility index (Phi) is 57.8. The number of hydrogen-bond donors (Lipinski definition) is 0. The summed E-state index contributed by atoms with van der Waals surface area (Å²) in [6.07, 6.45) is 78.0. The number of ether oxygens (including phenoxy) is 3. The molecule has 6 heteroatoms. The summed E-state index contributed by atoms with van der Waals surface area (Å²) in [5.41, 5.74) is 0. The molecule has 0 aromatic rings. The number of unbranched alkanes of at least 4 members (excludes halogenated alkanes) is 33. The number of rotatable bonds is 56. The molecule has 0 aliphatic heterocycles. The summed E-state index contributed by atoms with van der Waals surface area (Å²) < 4.78 is 16.8. The highest BCUT2D eigenvalue weighted by Gasteiger charge is 2.19. The average Bonchev–Trinajstić information content (AvgIpc) is 3.38. The van der Waals surface area contributed by atoms with Gasteiger partial charge < -0.3 is 14.2 Å². The monoisotopic (exact) mass is 1000 g/mol. The van der Waals surface area contributed by atoms with Crippen molar-refractivity contribution in [1.29, 1.82) is 0 Å². The third kappa shape index (κ3) is 57.7. The summed E-state index contributed by atoms with van der Waals surface area (Å²) in [6, 6.07) is 0. The maximum absolute atomic E-state index is 12.8. The molecule has 0 aromatic heterocycles. The number of hydrogen-bond acceptors (Lipinski definition) is 6. The van der Waals surface area contributed by atoms with Crippen molar-refractivity contribution in [2.24, 2.45) is 0 Å². The molecular weight excluding hydrogens is 889 g/mol. The van der Waals surface area contributed by atoms with E-state index in [0.717, 1.165) is 96.3 Å². The SMILES string of the molecule is CC/C=C\C/C=C\C/C=C\C/C=C\C/C=C\C/C=C\CCCCCCCCCCCCCCC(=O)OCC(COC(=O)CCCCCCCC)OC(=O)CCCCCCCCCCCCCCCCCCC. The van der Waals surface area contributed by atoms with Crippen LogP contribution in [-0.4, -0.2) is 37.2 Å². The van der Waals surface area contributed by atoms with E-state index in [0.29, 0.717) is 19.3 Å². The first-order valence-electron chi connectivity index (χ1n) is 30.9. The van der Waals surface area contributed by atoms with Gasteiger partial charge in [-0.2, -0.15) is 0 Å². The Hall–Kier alpha value is -3.15. The molecule has 0 heterocycles. The van der Waals surface area contributed by atoms with Crippen molar-refractivity contribution in [2.75, 3.05) is 13.2 Å². The Morgan fingerprint density at radius 1 is 0.292 bits per heavy atom. The van der Waals surface area contributed by atoms with Crippen LogP contribution in [0.1, 0.15) is 310 Å². The van der Waals surface area contributed by atoms with Gasteiger partial charge in [0.1, 0.15) is 13.2 Å². The van der Waals surface area contributed by atoms with Gasteiger partial charge in [0.15, 0.2) is 6.10 Å². The van der Waals surface area contributed by atoms with E-state index >= 15 is 0 Å². The van der Waals surface area contributed by atoms with Gasteiger partial charge in [-0.05, 0) is 70.6 Å². The Balaban J connectivity index is 4.04. The summed E-state index contributed by atoms with van der Waals surface area (Å²) in [6.45, 7) is 6.50. The van der Waals surface area contributed by atoms with Gasteiger partial charge >= 0.3 is 17.9 Å². The van der Waals surface area contributed by atoms with E-state index in [1.165, 1.54) is 173 Å². The van der Waals surface area contributed by atoms with E-state index in [9.17, 15) is 14.4 Å². The highest BCUT2D eigenvalue weighted by atomic mass is 16.6. The fourth-order valence-electron chi connectivity index (χ4n) is 8.86. The molecule has 0 aromatic carbocycles. The third-order valence-electron chi connectivity index (χ3n) is 13.5. The van der Waals surface area contributed by atoms with Crippen LogP contribution in [0.5, 0.6) is 0 Å². The molecule has 0 spiro atoms. The van der Waals surface area contributed by atoms with Crippen LogP contribution >= 0.6 is 0 Å². The Morgan fingerprint density at radius 3 is 0.847 bits per heavy atom. The van der Waals surface area contributed by atoms with Gasteiger partial charge in [0.05, 0.1) is 0 Å². The van der Waals surface area contributed by atoms with Crippen molar-refractivity contribution in [3.63, 3.8) is 0 Å². The molecule has 1 unspecified atom stereocenters. The second-order valence-electron chi connectivity index (χ2n) is 20.6. The van der Waals surface area contributed by atoms with Crippen LogP contribution in [0.4, 0.5) is 0 Å². The van der Waals surface area contributed by atoms with Crippen molar-refractivity contribution >= 4 is 17.9 Å². The van der Waals surface area contributed by atoms with Crippen molar-refractivity contribution in [3.05, 3.63) is 72.9 Å². The van der Waals surface area contributed by atoms with E-state index in [1.54, 1.807) is 0 Å². The molecule has 0 bridgehead atoms. The second-order valence-corrected chi connectivity index (χ2v) is 20.6. The average molecular weight is 1010 g/mol. The van der Waals surface area contributed by atoms with Crippen LogP contribution in [0.2, 0.25) is 0 Å². The van der Waals surface area contributed by atoms with E-state index in [2.05, 4.69) is 93.7 Å². The van der Waals surface area contributed by atoms with Gasteiger partial charge in [-0.25, -0.2) is 0 Å². The quantitative estimate of drug-likeness (QED) is 0.0261. The molecule has 0 aliphatic carbocycles. The lowest BCUT2D eigenvalue weighted by atomic mass is 10.0. The van der Waals surface area contributed by atoms with E-state index in [-0.39, 0.29) is 31.1 Å². The van der Waals surface area contributed by atoms with Crippen molar-refractivity contribution in [3.8, 4) is 0 Å². The lowest BCUT2D eigenvalue weighted by Crippen LogP contribution is -2.30. The van der Waals surface area contributed by atoms with E-state index < -0.39 is 6.10 Å². The van der Waals surface area contributed by atoms with Crippen LogP contribution in [-0.2, 0) is 28.6 Å². The largest absolute Gasteiger partial charge is 0.462 e. The summed E-state index contributed by atoms with van der Waals surface area (Å²) in [4.78, 5) is 37.9. The van der Waals surface area contributed by atoms with Gasteiger partial charge in [0.25, 0.3) is 0 Å². The van der Waals surface area contributed by atoms with Gasteiger partial charge in [-0.15, -0.1) is 0 Å². The molecule has 0 radical (unpaired) electrons. The normalized spacial score (nSPS) is 12.5. The smallest absolute Gasteiger partial charge is 0.306 e. The van der Waals surface area contributed by atoms with Crippen molar-refractivity contribution < 1.29 is 28.6 Å². The fraction of sp³-hybridized carbons (Fsp3) is 0.773. The van der Waals surface area contributed by atoms with Gasteiger partial charge in [-0.1, -0.05) is 293 Å². The Morgan fingerprint density at radius 2 is 0.542 bits per heavy atom. The van der Waals surface area contributed by atoms with E-state index in [1.807, 2.05) is 0 Å². The molecule has 0 saturated heterocycles. The first kappa shape index (κ1) is 68.8. The molecule has 0 aliphatic rings. The van der Waals surface area contributed by atoms with Crippen molar-refractivity contribution in [2.45, 2.75) is 316 Å². The van der Waals surface area contributed by atoms with Gasteiger partial charge in [0.2, 0.25) is 0 Å². The van der Waals surface area contributed by atoms with Crippen LogP contribution in [0.3, 0.4) is 0 Å². The molecule has 6 nitrogen and oxygen atoms in total. The highest BCUT2D eigenvalue weighted by molar-refractivity contribution is 5.71. The lowest BCUT2D eigenvalue weighted by molar-refractivity contribution is -0.167. The molecule has 416 valence electrons. The maximum atomic E-state index is 12.8. The Labute approximate surface area is 446 Å². The number of allylic oxidation sites excluding steroid dienone is 12. The topological polar surface area (TPSA) is 78.9 Å². The summed E-state index contributed by atoms with van der Waals surface area (Å²) in [5, 5.41) is 0. The van der Waals surface area contributed by atoms with Crippen LogP contribution in [0, 0.1) is 0 Å². The first-order chi connectivity index (χ1) is 35.5. The minimum atomic E-state index is -0.769. The second kappa shape index (κ2) is 60.4. The highest BCUT2D eigenvalue weighted by Crippen LogP contribution is 2.17. The number of carbonyl (C=O) groups excluding carboxylic acids is 3. The van der Waals surface area contributed by atoms with Gasteiger partial charge in [-0.3, -0.25) is 14.4 Å². The molecule has 1 atom stereocenters. The molecule has 0 N–H and O–H groups in total. The zero-order valence-corrected chi connectivity index (χ0v) is 47.7. The third-order valence-corrected chi connectivity index (χ3v) is 13.5. The molecule has 0 rings (SSSR count). The predicted molar refractivity (Wildman–Crippen MR) is 311 cm³/mol. The van der Waals surface area contributed by atoms with Crippen LogP contribution < -0.4 is 0 Å². The zero-order valence-electron chi connectivity index (χ0n) is 47.7. The molecule has 72 heavy (non-hydrogen) atoms. The fourth-order valence-corrected chi connectivity index (χ4v) is 8.86. The van der Waals surface area contributed by atoms with Crippen LogP contribution in [0.15, 0.2) is 72.9 Å². The van der Waals surface area contributed by atoms with Crippen molar-refractivity contribution in [1.82, 2.24) is 0 Å². The Bertz CT molecular complexity index is 1340. The van der Waals surface area contributed by atoms with E-state index in [4.69, 9.17) is 14.2 Å². The number of carbonyl (C=O) groups is 3. The summed E-state index contributed by atoms with van der Waals surface area (Å²) in [7, 11) is 0. The van der Waals surface area contributed by atoms with Crippen LogP contribution in [0.25, 0.3) is 0 Å².